The highest BCUT2D eigenvalue weighted by Gasteiger charge is 2.32. The van der Waals surface area contributed by atoms with Gasteiger partial charge in [0.2, 0.25) is 0 Å². The Hall–Kier alpha value is -0.440. The number of alkyl halides is 2. The fraction of sp³-hybridized carbons (Fsp3) is 0.846. The lowest BCUT2D eigenvalue weighted by atomic mass is 9.82. The van der Waals surface area contributed by atoms with Crippen molar-refractivity contribution in [1.29, 1.82) is 0 Å². The van der Waals surface area contributed by atoms with Crippen molar-refractivity contribution in [2.75, 3.05) is 13.7 Å². The summed E-state index contributed by atoms with van der Waals surface area (Å²) in [6.07, 6.45) is 9.15. The first-order valence-electron chi connectivity index (χ1n) is 6.02. The molecular weight excluding hydrogens is 210 g/mol. The molecule has 0 aromatic rings. The van der Waals surface area contributed by atoms with Crippen LogP contribution in [-0.2, 0) is 4.74 Å². The van der Waals surface area contributed by atoms with E-state index in [0.717, 1.165) is 32.4 Å². The molecule has 1 aliphatic rings. The molecule has 0 unspecified atom stereocenters. The number of ether oxygens (including phenoxy) is 1. The quantitative estimate of drug-likeness (QED) is 0.624. The highest BCUT2D eigenvalue weighted by Crippen LogP contribution is 2.42. The molecule has 0 saturated heterocycles. The molecule has 94 valence electrons. The lowest BCUT2D eigenvalue weighted by molar-refractivity contribution is 0.0735. The Morgan fingerprint density at radius 2 is 1.94 bits per heavy atom. The lowest BCUT2D eigenvalue weighted by Gasteiger charge is -2.27. The predicted molar refractivity (Wildman–Crippen MR) is 61.8 cm³/mol. The van der Waals surface area contributed by atoms with E-state index in [1.54, 1.807) is 13.2 Å². The SMILES string of the molecule is COCC1(CCC=CC(C)(F)F)CCCC1. The fourth-order valence-electron chi connectivity index (χ4n) is 2.58. The van der Waals surface area contributed by atoms with Gasteiger partial charge in [0.1, 0.15) is 0 Å². The predicted octanol–water partition coefficient (Wildman–Crippen LogP) is 4.18. The van der Waals surface area contributed by atoms with E-state index in [4.69, 9.17) is 4.74 Å². The van der Waals surface area contributed by atoms with E-state index < -0.39 is 5.92 Å². The van der Waals surface area contributed by atoms with Gasteiger partial charge in [-0.3, -0.25) is 0 Å². The van der Waals surface area contributed by atoms with Crippen LogP contribution < -0.4 is 0 Å². The number of hydrogen-bond acceptors (Lipinski definition) is 1. The molecule has 16 heavy (non-hydrogen) atoms. The van der Waals surface area contributed by atoms with Gasteiger partial charge in [-0.2, -0.15) is 0 Å². The topological polar surface area (TPSA) is 9.23 Å². The van der Waals surface area contributed by atoms with Gasteiger partial charge < -0.3 is 4.74 Å². The zero-order chi connectivity index (χ0) is 12.1. The number of halogens is 2. The van der Waals surface area contributed by atoms with Gasteiger partial charge in [0.15, 0.2) is 0 Å². The van der Waals surface area contributed by atoms with Gasteiger partial charge in [0.25, 0.3) is 5.92 Å². The van der Waals surface area contributed by atoms with Crippen molar-refractivity contribution in [3.8, 4) is 0 Å². The zero-order valence-corrected chi connectivity index (χ0v) is 10.3. The van der Waals surface area contributed by atoms with E-state index in [9.17, 15) is 8.78 Å². The Morgan fingerprint density at radius 3 is 2.44 bits per heavy atom. The minimum absolute atomic E-state index is 0.252. The highest BCUT2D eigenvalue weighted by molar-refractivity contribution is 4.94. The van der Waals surface area contributed by atoms with Crippen molar-refractivity contribution in [1.82, 2.24) is 0 Å². The summed E-state index contributed by atoms with van der Waals surface area (Å²) in [5.74, 6) is -2.68. The van der Waals surface area contributed by atoms with Gasteiger partial charge in [0.05, 0.1) is 6.61 Å². The minimum Gasteiger partial charge on any atom is -0.384 e. The largest absolute Gasteiger partial charge is 0.384 e. The smallest absolute Gasteiger partial charge is 0.263 e. The lowest BCUT2D eigenvalue weighted by Crippen LogP contribution is -2.22. The average molecular weight is 232 g/mol. The standard InChI is InChI=1S/C13H22F2O/c1-12(14,15)7-3-4-8-13(11-16-2)9-5-6-10-13/h3,7H,4-6,8-11H2,1-2H3. The van der Waals surface area contributed by atoms with E-state index in [1.807, 2.05) is 0 Å². The van der Waals surface area contributed by atoms with Crippen molar-refractivity contribution < 1.29 is 13.5 Å². The Labute approximate surface area is 96.9 Å². The summed E-state index contributed by atoms with van der Waals surface area (Å²) in [6, 6.07) is 0. The summed E-state index contributed by atoms with van der Waals surface area (Å²) in [5.41, 5.74) is 0.252. The summed E-state index contributed by atoms with van der Waals surface area (Å²) < 4.78 is 30.4. The molecule has 3 heteroatoms. The maximum absolute atomic E-state index is 12.6. The number of rotatable bonds is 6. The van der Waals surface area contributed by atoms with Gasteiger partial charge >= 0.3 is 0 Å². The molecular formula is C13H22F2O. The molecule has 0 bridgehead atoms. The van der Waals surface area contributed by atoms with E-state index >= 15 is 0 Å². The van der Waals surface area contributed by atoms with Gasteiger partial charge in [-0.05, 0) is 37.2 Å². The second-order valence-corrected chi connectivity index (χ2v) is 5.04. The van der Waals surface area contributed by atoms with Crippen molar-refractivity contribution in [3.05, 3.63) is 12.2 Å². The molecule has 0 amide bonds. The van der Waals surface area contributed by atoms with E-state index in [1.165, 1.54) is 25.7 Å². The monoisotopic (exact) mass is 232 g/mol. The highest BCUT2D eigenvalue weighted by atomic mass is 19.3. The van der Waals surface area contributed by atoms with Gasteiger partial charge in [-0.25, -0.2) is 8.78 Å². The minimum atomic E-state index is -2.68. The van der Waals surface area contributed by atoms with Gasteiger partial charge in [-0.15, -0.1) is 0 Å². The van der Waals surface area contributed by atoms with Crippen molar-refractivity contribution >= 4 is 0 Å². The Bertz CT molecular complexity index is 225. The maximum atomic E-state index is 12.6. The van der Waals surface area contributed by atoms with Crippen LogP contribution in [0.15, 0.2) is 12.2 Å². The molecule has 1 nitrogen and oxygen atoms in total. The Morgan fingerprint density at radius 1 is 1.31 bits per heavy atom. The van der Waals surface area contributed by atoms with Crippen LogP contribution in [0.4, 0.5) is 8.78 Å². The third-order valence-corrected chi connectivity index (χ3v) is 3.37. The first-order chi connectivity index (χ1) is 7.47. The van der Waals surface area contributed by atoms with E-state index in [-0.39, 0.29) is 5.41 Å². The average Bonchev–Trinajstić information content (AvgIpc) is 2.61. The third-order valence-electron chi connectivity index (χ3n) is 3.37. The molecule has 0 aromatic carbocycles. The van der Waals surface area contributed by atoms with Crippen LogP contribution in [0, 0.1) is 5.41 Å². The molecule has 0 heterocycles. The summed E-state index contributed by atoms with van der Waals surface area (Å²) >= 11 is 0. The fourth-order valence-corrected chi connectivity index (χ4v) is 2.58. The summed E-state index contributed by atoms with van der Waals surface area (Å²) in [7, 11) is 1.72. The molecule has 1 rings (SSSR count). The normalized spacial score (nSPS) is 20.8. The summed E-state index contributed by atoms with van der Waals surface area (Å²) in [5, 5.41) is 0. The molecule has 0 spiro atoms. The number of methoxy groups -OCH3 is 1. The van der Waals surface area contributed by atoms with Crippen LogP contribution in [-0.4, -0.2) is 19.6 Å². The Balaban J connectivity index is 2.36. The molecule has 0 atom stereocenters. The summed E-state index contributed by atoms with van der Waals surface area (Å²) in [6.45, 7) is 1.69. The van der Waals surface area contributed by atoms with Crippen molar-refractivity contribution in [2.45, 2.75) is 51.4 Å². The molecule has 1 saturated carbocycles. The molecule has 0 aromatic heterocycles. The Kier molecular flexibility index (Phi) is 4.90. The van der Waals surface area contributed by atoms with Crippen LogP contribution in [0.25, 0.3) is 0 Å². The van der Waals surface area contributed by atoms with E-state index in [0.29, 0.717) is 0 Å². The molecule has 0 radical (unpaired) electrons. The summed E-state index contributed by atoms with van der Waals surface area (Å²) in [4.78, 5) is 0. The second-order valence-electron chi connectivity index (χ2n) is 5.04. The molecule has 1 aliphatic carbocycles. The molecule has 0 N–H and O–H groups in total. The number of allylic oxidation sites excluding steroid dienone is 2. The van der Waals surface area contributed by atoms with Gasteiger partial charge in [-0.1, -0.05) is 18.9 Å². The van der Waals surface area contributed by atoms with Crippen LogP contribution >= 0.6 is 0 Å². The van der Waals surface area contributed by atoms with Gasteiger partial charge in [0, 0.05) is 14.0 Å². The van der Waals surface area contributed by atoms with Crippen LogP contribution in [0.1, 0.15) is 45.4 Å². The van der Waals surface area contributed by atoms with Crippen LogP contribution in [0.5, 0.6) is 0 Å². The van der Waals surface area contributed by atoms with Crippen LogP contribution in [0.2, 0.25) is 0 Å². The first-order valence-corrected chi connectivity index (χ1v) is 6.02. The van der Waals surface area contributed by atoms with E-state index in [2.05, 4.69) is 0 Å². The molecule has 0 aliphatic heterocycles. The number of hydrogen-bond donors (Lipinski definition) is 0. The van der Waals surface area contributed by atoms with Crippen LogP contribution in [0.3, 0.4) is 0 Å². The first kappa shape index (κ1) is 13.6. The van der Waals surface area contributed by atoms with Crippen molar-refractivity contribution in [3.63, 3.8) is 0 Å². The maximum Gasteiger partial charge on any atom is 0.263 e. The zero-order valence-electron chi connectivity index (χ0n) is 10.3. The third kappa shape index (κ3) is 4.60. The second kappa shape index (κ2) is 5.76. The van der Waals surface area contributed by atoms with Crippen molar-refractivity contribution in [2.24, 2.45) is 5.41 Å². The molecule has 1 fully saturated rings.